The Bertz CT molecular complexity index is 1260. The van der Waals surface area contributed by atoms with E-state index < -0.39 is 0 Å². The fraction of sp³-hybridized carbons (Fsp3) is 0.348. The predicted molar refractivity (Wildman–Crippen MR) is 227 cm³/mol. The highest BCUT2D eigenvalue weighted by molar-refractivity contribution is 5.88. The first-order valence-corrected chi connectivity index (χ1v) is 16.7. The van der Waals surface area contributed by atoms with Gasteiger partial charge in [0.1, 0.15) is 0 Å². The molecule has 0 radical (unpaired) electrons. The van der Waals surface area contributed by atoms with Crippen molar-refractivity contribution in [1.29, 1.82) is 0 Å². The van der Waals surface area contributed by atoms with Crippen LogP contribution in [-0.4, -0.2) is 0 Å². The van der Waals surface area contributed by atoms with E-state index in [9.17, 15) is 0 Å². The van der Waals surface area contributed by atoms with E-state index in [4.69, 9.17) is 0 Å². The van der Waals surface area contributed by atoms with Crippen LogP contribution in [0, 0.1) is 12.3 Å². The minimum atomic E-state index is 0.967. The molecular weight excluding hydrogens is 553 g/mol. The summed E-state index contributed by atoms with van der Waals surface area (Å²) in [4.78, 5) is 0. The highest BCUT2D eigenvalue weighted by atomic mass is 14.1. The summed E-state index contributed by atoms with van der Waals surface area (Å²) < 4.78 is 0. The zero-order chi connectivity index (χ0) is 38.1. The lowest BCUT2D eigenvalue weighted by atomic mass is 9.91. The van der Waals surface area contributed by atoms with E-state index in [1.54, 1.807) is 31.2 Å². The number of fused-ring (bicyclic) bond motifs is 1. The van der Waals surface area contributed by atoms with Gasteiger partial charge in [-0.1, -0.05) is 191 Å². The number of rotatable bonds is 6. The summed E-state index contributed by atoms with van der Waals surface area (Å²) in [7, 11) is 0. The summed E-state index contributed by atoms with van der Waals surface area (Å²) in [5, 5.41) is 4.60. The second-order valence-electron chi connectivity index (χ2n) is 8.18. The van der Waals surface area contributed by atoms with E-state index in [0.29, 0.717) is 0 Å². The monoisotopic (exact) mass is 627 g/mol. The maximum atomic E-state index is 4.60. The van der Waals surface area contributed by atoms with Gasteiger partial charge >= 0.3 is 0 Å². The Balaban J connectivity index is -0.0000000891. The number of terminal acetylenes is 1. The van der Waals surface area contributed by atoms with E-state index in [2.05, 4.69) is 83.5 Å². The number of benzene rings is 2. The van der Waals surface area contributed by atoms with Gasteiger partial charge in [-0.25, -0.2) is 0 Å². The molecule has 0 heteroatoms. The van der Waals surface area contributed by atoms with Crippen molar-refractivity contribution in [3.63, 3.8) is 0 Å². The van der Waals surface area contributed by atoms with Gasteiger partial charge in [-0.05, 0) is 80.3 Å². The number of hydrogen-bond acceptors (Lipinski definition) is 0. The average molecular weight is 627 g/mol. The zero-order valence-electron chi connectivity index (χ0n) is 33.2. The molecule has 0 atom stereocenters. The van der Waals surface area contributed by atoms with Gasteiger partial charge in [0, 0.05) is 0 Å². The Morgan fingerprint density at radius 1 is 0.739 bits per heavy atom. The van der Waals surface area contributed by atoms with Gasteiger partial charge in [0.15, 0.2) is 0 Å². The Hall–Kier alpha value is -4.08. The van der Waals surface area contributed by atoms with Crippen LogP contribution in [0.1, 0.15) is 115 Å². The first-order chi connectivity index (χ1) is 22.0. The molecular formula is C46H74. The van der Waals surface area contributed by atoms with Gasteiger partial charge in [0.25, 0.3) is 0 Å². The molecule has 46 heavy (non-hydrogen) atoms. The molecule has 0 N–H and O–H groups in total. The van der Waals surface area contributed by atoms with Crippen molar-refractivity contribution < 1.29 is 0 Å². The molecule has 0 aromatic heterocycles. The van der Waals surface area contributed by atoms with Crippen molar-refractivity contribution in [1.82, 2.24) is 0 Å². The summed E-state index contributed by atoms with van der Waals surface area (Å²) in [5.74, 6) is 2.25. The van der Waals surface area contributed by atoms with Crippen LogP contribution in [0.2, 0.25) is 0 Å². The van der Waals surface area contributed by atoms with Crippen LogP contribution in [0.3, 0.4) is 0 Å². The first kappa shape index (κ1) is 57.6. The van der Waals surface area contributed by atoms with Gasteiger partial charge in [-0.3, -0.25) is 0 Å². The molecule has 2 aromatic rings. The molecule has 0 saturated heterocycles. The molecule has 0 unspecified atom stereocenters. The van der Waals surface area contributed by atoms with Crippen molar-refractivity contribution in [3.05, 3.63) is 138 Å². The minimum absolute atomic E-state index is 0.967. The van der Waals surface area contributed by atoms with E-state index in [-0.39, 0.29) is 0 Å². The number of hydrogen-bond donors (Lipinski definition) is 0. The lowest BCUT2D eigenvalue weighted by Crippen LogP contribution is -2.21. The molecule has 2 aromatic carbocycles. The molecule has 258 valence electrons. The Kier molecular flexibility index (Phi) is 59.9. The topological polar surface area (TPSA) is 0 Å². The van der Waals surface area contributed by atoms with Crippen LogP contribution in [0.15, 0.2) is 117 Å². The van der Waals surface area contributed by atoms with Crippen LogP contribution in [0.5, 0.6) is 0 Å². The molecule has 0 aliphatic rings. The predicted octanol–water partition coefficient (Wildman–Crippen LogP) is 14.2. The fourth-order valence-corrected chi connectivity index (χ4v) is 3.30. The minimum Gasteiger partial charge on any atom is -0.120 e. The van der Waals surface area contributed by atoms with Crippen LogP contribution in [0.25, 0.3) is 29.5 Å². The molecule has 0 nitrogen and oxygen atoms in total. The Morgan fingerprint density at radius 3 is 1.35 bits per heavy atom. The van der Waals surface area contributed by atoms with Gasteiger partial charge in [-0.2, -0.15) is 0 Å². The third kappa shape index (κ3) is 31.3. The SMILES string of the molecule is C#CC.C=C(C)c1c(CC)c(=C)c2ccccc2c1=C.C=C/C=C(/C)C=C.C=C/C=C(C)\C=C/C.C=CC.CC.CC.CC.CC. The summed E-state index contributed by atoms with van der Waals surface area (Å²) in [6, 6.07) is 8.33. The van der Waals surface area contributed by atoms with E-state index >= 15 is 0 Å². The first-order valence-electron chi connectivity index (χ1n) is 16.7. The summed E-state index contributed by atoms with van der Waals surface area (Å²) in [6.07, 6.45) is 20.6. The molecule has 0 fully saturated rings. The third-order valence-electron chi connectivity index (χ3n) is 4.84. The lowest BCUT2D eigenvalue weighted by molar-refractivity contribution is 1.11. The summed E-state index contributed by atoms with van der Waals surface area (Å²) >= 11 is 0. The summed E-state index contributed by atoms with van der Waals surface area (Å²) in [6.45, 7) is 56.3. The second-order valence-corrected chi connectivity index (χ2v) is 8.18. The summed E-state index contributed by atoms with van der Waals surface area (Å²) in [5.41, 5.74) is 5.93. The largest absolute Gasteiger partial charge is 0.120 e. The van der Waals surface area contributed by atoms with E-state index in [0.717, 1.165) is 28.0 Å². The molecule has 0 saturated carbocycles. The van der Waals surface area contributed by atoms with Crippen molar-refractivity contribution in [3.8, 4) is 12.3 Å². The maximum Gasteiger partial charge on any atom is -0.00297 e. The molecule has 0 spiro atoms. The van der Waals surface area contributed by atoms with Gasteiger partial charge < -0.3 is 0 Å². The fourth-order valence-electron chi connectivity index (χ4n) is 3.30. The molecule has 2 rings (SSSR count). The molecule has 0 aliphatic carbocycles. The van der Waals surface area contributed by atoms with Gasteiger partial charge in [0.05, 0.1) is 0 Å². The molecule has 0 bridgehead atoms. The van der Waals surface area contributed by atoms with Gasteiger partial charge in [0.2, 0.25) is 0 Å². The van der Waals surface area contributed by atoms with Crippen molar-refractivity contribution in [2.45, 2.75) is 110 Å². The van der Waals surface area contributed by atoms with E-state index in [1.807, 2.05) is 120 Å². The highest BCUT2D eigenvalue weighted by Gasteiger charge is 2.08. The van der Waals surface area contributed by atoms with E-state index in [1.165, 1.54) is 27.5 Å². The van der Waals surface area contributed by atoms with Crippen LogP contribution in [-0.2, 0) is 6.42 Å². The second kappa shape index (κ2) is 47.8. The third-order valence-corrected chi connectivity index (χ3v) is 4.84. The molecule has 0 heterocycles. The zero-order valence-corrected chi connectivity index (χ0v) is 33.2. The smallest absolute Gasteiger partial charge is 0.00297 e. The van der Waals surface area contributed by atoms with Crippen LogP contribution >= 0.6 is 0 Å². The highest BCUT2D eigenvalue weighted by Crippen LogP contribution is 2.16. The van der Waals surface area contributed by atoms with Crippen LogP contribution < -0.4 is 10.4 Å². The quantitative estimate of drug-likeness (QED) is 0.170. The lowest BCUT2D eigenvalue weighted by Gasteiger charge is -2.13. The molecule has 0 aliphatic heterocycles. The van der Waals surface area contributed by atoms with Crippen molar-refractivity contribution >= 4 is 29.5 Å². The van der Waals surface area contributed by atoms with Crippen molar-refractivity contribution in [2.24, 2.45) is 0 Å². The van der Waals surface area contributed by atoms with Gasteiger partial charge in [-0.15, -0.1) is 18.9 Å². The maximum absolute atomic E-state index is 4.60. The van der Waals surface area contributed by atoms with Crippen molar-refractivity contribution in [2.75, 3.05) is 0 Å². The normalized spacial score (nSPS) is 8.74. The van der Waals surface area contributed by atoms with Crippen LogP contribution in [0.4, 0.5) is 0 Å². The number of allylic oxidation sites excluding steroid dienone is 11. The molecule has 0 amide bonds. The average Bonchev–Trinajstić information content (AvgIpc) is 3.08. The Labute approximate surface area is 289 Å². The standard InChI is InChI=1S/C17H18.C8H12.C7H10.C3H6.C3H4.4C2H6/c1-6-14-12(4)15-9-7-8-10-16(15)13(5)17(14)11(2)3;1-4-6-8(3)7-5-2;1-4-6-7(3)5-2;2*1-3-2;4*1-2/h7-10H,2,4-6H2,1,3H3;4-7H,1H2,2-3H3;4-6H,1-2H2,3H3;3H,1H2,2H3;1H,2H3;4*1-2H3/b;7-5-,8-6-;7-6-;;;;;;. The Morgan fingerprint density at radius 2 is 1.09 bits per heavy atom.